The smallest absolute Gasteiger partial charge is 0.138 e. The Bertz CT molecular complexity index is 654. The Morgan fingerprint density at radius 2 is 1.88 bits per heavy atom. The van der Waals surface area contributed by atoms with Crippen molar-refractivity contribution < 1.29 is 4.79 Å². The van der Waals surface area contributed by atoms with E-state index < -0.39 is 8.07 Å². The van der Waals surface area contributed by atoms with E-state index in [0.29, 0.717) is 17.1 Å². The maximum Gasteiger partial charge on any atom is 0.138 e. The Morgan fingerprint density at radius 3 is 2.56 bits per heavy atom. The van der Waals surface area contributed by atoms with Gasteiger partial charge in [0.15, 0.2) is 0 Å². The molecule has 3 aliphatic carbocycles. The van der Waals surface area contributed by atoms with Gasteiger partial charge in [-0.15, -0.1) is 11.5 Å². The van der Waals surface area contributed by atoms with Crippen LogP contribution in [0.3, 0.4) is 0 Å². The molecular weight excluding hydrogens is 320 g/mol. The predicted molar refractivity (Wildman–Crippen MR) is 109 cm³/mol. The van der Waals surface area contributed by atoms with E-state index >= 15 is 0 Å². The molecule has 1 unspecified atom stereocenters. The average Bonchev–Trinajstić information content (AvgIpc) is 2.50. The van der Waals surface area contributed by atoms with Crippen LogP contribution in [-0.2, 0) is 4.79 Å². The summed E-state index contributed by atoms with van der Waals surface area (Å²) in [6.07, 6.45) is 11.7. The first-order valence-electron chi connectivity index (χ1n) is 10.3. The lowest BCUT2D eigenvalue weighted by Crippen LogP contribution is -2.54. The quantitative estimate of drug-likeness (QED) is 0.312. The Balaban J connectivity index is 1.98. The van der Waals surface area contributed by atoms with Crippen LogP contribution >= 0.6 is 0 Å². The largest absolute Gasteiger partial charge is 0.299 e. The van der Waals surface area contributed by atoms with Crippen molar-refractivity contribution in [3.05, 3.63) is 11.6 Å². The normalized spacial score (nSPS) is 37.3. The molecule has 0 aromatic rings. The van der Waals surface area contributed by atoms with Crippen molar-refractivity contribution in [2.45, 2.75) is 91.8 Å². The average molecular weight is 357 g/mol. The second-order valence-electron chi connectivity index (χ2n) is 10.7. The maximum atomic E-state index is 12.6. The zero-order valence-electron chi connectivity index (χ0n) is 17.2. The van der Waals surface area contributed by atoms with Gasteiger partial charge < -0.3 is 0 Å². The second kappa shape index (κ2) is 6.12. The van der Waals surface area contributed by atoms with E-state index in [4.69, 9.17) is 0 Å². The van der Waals surface area contributed by atoms with Gasteiger partial charge in [0.05, 0.1) is 0 Å². The van der Waals surface area contributed by atoms with Gasteiger partial charge in [0.2, 0.25) is 0 Å². The number of fused-ring (bicyclic) bond motifs is 3. The molecular formula is C23H36OSi. The Morgan fingerprint density at radius 1 is 1.16 bits per heavy atom. The van der Waals surface area contributed by atoms with E-state index in [1.165, 1.54) is 32.1 Å². The van der Waals surface area contributed by atoms with Crippen LogP contribution < -0.4 is 0 Å². The minimum Gasteiger partial charge on any atom is -0.299 e. The minimum absolute atomic E-state index is 0.165. The fraction of sp³-hybridized carbons (Fsp3) is 0.783. The summed E-state index contributed by atoms with van der Waals surface area (Å²) in [5.41, 5.74) is 5.64. The van der Waals surface area contributed by atoms with Crippen LogP contribution in [0.5, 0.6) is 0 Å². The van der Waals surface area contributed by atoms with Gasteiger partial charge in [0, 0.05) is 23.7 Å². The van der Waals surface area contributed by atoms with E-state index in [2.05, 4.69) is 58.0 Å². The molecule has 25 heavy (non-hydrogen) atoms. The fourth-order valence-electron chi connectivity index (χ4n) is 6.17. The summed E-state index contributed by atoms with van der Waals surface area (Å²) >= 11 is 0. The van der Waals surface area contributed by atoms with Gasteiger partial charge in [-0.25, -0.2) is 0 Å². The highest BCUT2D eigenvalue weighted by Crippen LogP contribution is 2.66. The second-order valence-corrected chi connectivity index (χ2v) is 15.4. The first kappa shape index (κ1) is 19.0. The number of Topliss-reactive ketones (excluding diaryl/α,β-unsaturated/α-hetero) is 1. The third-order valence-corrected chi connectivity index (χ3v) is 8.35. The van der Waals surface area contributed by atoms with Gasteiger partial charge >= 0.3 is 0 Å². The molecule has 3 aliphatic rings. The lowest BCUT2D eigenvalue weighted by molar-refractivity contribution is -0.141. The maximum absolute atomic E-state index is 12.6. The molecule has 3 atom stereocenters. The number of hydrogen-bond acceptors (Lipinski definition) is 1. The van der Waals surface area contributed by atoms with E-state index in [-0.39, 0.29) is 10.8 Å². The van der Waals surface area contributed by atoms with Crippen LogP contribution in [0, 0.1) is 33.6 Å². The van der Waals surface area contributed by atoms with Crippen molar-refractivity contribution in [3.63, 3.8) is 0 Å². The van der Waals surface area contributed by atoms with Gasteiger partial charge in [0.1, 0.15) is 13.9 Å². The number of allylic oxidation sites excluding steroid dienone is 2. The summed E-state index contributed by atoms with van der Waals surface area (Å²) in [4.78, 5) is 12.6. The molecule has 1 nitrogen and oxygen atoms in total. The van der Waals surface area contributed by atoms with Gasteiger partial charge in [-0.1, -0.05) is 52.1 Å². The molecule has 0 heterocycles. The van der Waals surface area contributed by atoms with Crippen molar-refractivity contribution in [1.29, 1.82) is 0 Å². The monoisotopic (exact) mass is 356 g/mol. The Labute approximate surface area is 156 Å². The molecule has 0 saturated heterocycles. The summed E-state index contributed by atoms with van der Waals surface area (Å²) in [6, 6.07) is 0. The molecule has 0 bridgehead atoms. The zero-order valence-corrected chi connectivity index (χ0v) is 18.2. The molecule has 2 fully saturated rings. The first-order valence-corrected chi connectivity index (χ1v) is 13.8. The predicted octanol–water partition coefficient (Wildman–Crippen LogP) is 6.16. The van der Waals surface area contributed by atoms with E-state index in [0.717, 1.165) is 19.3 Å². The van der Waals surface area contributed by atoms with Crippen molar-refractivity contribution in [1.82, 2.24) is 0 Å². The van der Waals surface area contributed by atoms with Crippen molar-refractivity contribution >= 4 is 13.9 Å². The lowest BCUT2D eigenvalue weighted by Gasteiger charge is -2.60. The summed E-state index contributed by atoms with van der Waals surface area (Å²) in [5, 5.41) is 0. The summed E-state index contributed by atoms with van der Waals surface area (Å²) in [6.45, 7) is 13.9. The molecule has 138 valence electrons. The molecule has 3 rings (SSSR count). The molecule has 0 spiro atoms. The third-order valence-electron chi connectivity index (χ3n) is 7.43. The fourth-order valence-corrected chi connectivity index (χ4v) is 6.79. The van der Waals surface area contributed by atoms with Gasteiger partial charge in [-0.3, -0.25) is 4.79 Å². The highest BCUT2D eigenvalue weighted by molar-refractivity contribution is 6.83. The number of hydrogen-bond donors (Lipinski definition) is 0. The van der Waals surface area contributed by atoms with Crippen molar-refractivity contribution in [3.8, 4) is 11.5 Å². The highest BCUT2D eigenvalue weighted by atomic mass is 28.3. The number of rotatable bonds is 1. The molecule has 0 aliphatic heterocycles. The Kier molecular flexibility index (Phi) is 4.64. The molecule has 2 heteroatoms. The Hall–Kier alpha value is -0.813. The van der Waals surface area contributed by atoms with E-state index in [1.807, 2.05) is 0 Å². The van der Waals surface area contributed by atoms with Crippen LogP contribution in [0.1, 0.15) is 72.1 Å². The van der Waals surface area contributed by atoms with Crippen LogP contribution in [-0.4, -0.2) is 13.9 Å². The summed E-state index contributed by atoms with van der Waals surface area (Å²) < 4.78 is 0. The lowest BCUT2D eigenvalue weighted by atomic mass is 9.43. The molecule has 2 saturated carbocycles. The standard InChI is InChI=1S/C23H36OSi/c1-21(2)18-11-16-23(14-9-17-25(4,5)6)13-8-7-10-19(23)22(18,3)15-12-20(21)24/h10,18H,7-8,11-16H2,1-6H3/t18?,22-,23-/m0/s1. The third kappa shape index (κ3) is 3.18. The zero-order chi connectivity index (χ0) is 18.5. The number of carbonyl (C=O) groups is 1. The van der Waals surface area contributed by atoms with Crippen molar-refractivity contribution in [2.75, 3.05) is 0 Å². The van der Waals surface area contributed by atoms with Crippen LogP contribution in [0.2, 0.25) is 19.6 Å². The molecule has 0 N–H and O–H groups in total. The van der Waals surface area contributed by atoms with Crippen LogP contribution in [0.4, 0.5) is 0 Å². The van der Waals surface area contributed by atoms with Crippen molar-refractivity contribution in [2.24, 2.45) is 22.2 Å². The van der Waals surface area contributed by atoms with Crippen LogP contribution in [0.25, 0.3) is 0 Å². The highest BCUT2D eigenvalue weighted by Gasteiger charge is 2.59. The summed E-state index contributed by atoms with van der Waals surface area (Å²) in [5.74, 6) is 4.62. The number of carbonyl (C=O) groups excluding carboxylic acids is 1. The number of ketones is 1. The molecule has 0 aromatic carbocycles. The van der Waals surface area contributed by atoms with Gasteiger partial charge in [0.25, 0.3) is 0 Å². The van der Waals surface area contributed by atoms with Crippen LogP contribution in [0.15, 0.2) is 11.6 Å². The topological polar surface area (TPSA) is 17.1 Å². The first-order chi connectivity index (χ1) is 11.5. The summed E-state index contributed by atoms with van der Waals surface area (Å²) in [7, 11) is -1.31. The van der Waals surface area contributed by atoms with E-state index in [1.54, 1.807) is 5.57 Å². The molecule has 0 amide bonds. The molecule has 0 aromatic heterocycles. The minimum atomic E-state index is -1.31. The van der Waals surface area contributed by atoms with Gasteiger partial charge in [-0.05, 0) is 49.9 Å². The molecule has 0 radical (unpaired) electrons. The SMILES string of the molecule is CC1(C)C(=O)CC[C@]2(C)C3=CCCC[C@]3(CC#C[Si](C)(C)C)CCC12. The van der Waals surface area contributed by atoms with Gasteiger partial charge in [-0.2, -0.15) is 0 Å². The van der Waals surface area contributed by atoms with E-state index in [9.17, 15) is 4.79 Å².